The first-order valence-corrected chi connectivity index (χ1v) is 10.2. The molecule has 1 aliphatic carbocycles. The fourth-order valence-corrected chi connectivity index (χ4v) is 4.12. The van der Waals surface area contributed by atoms with Crippen LogP contribution in [-0.4, -0.2) is 52.5 Å². The maximum Gasteiger partial charge on any atom is 0.254 e. The molecule has 0 aromatic carbocycles. The summed E-state index contributed by atoms with van der Waals surface area (Å²) < 4.78 is 0. The number of carbonyl (C=O) groups excluding carboxylic acids is 1. The van der Waals surface area contributed by atoms with Crippen LogP contribution in [0.3, 0.4) is 0 Å². The largest absolute Gasteiger partial charge is 0.352 e. The minimum atomic E-state index is -0.0642. The lowest BCUT2D eigenvalue weighted by molar-refractivity contribution is 0.0889. The van der Waals surface area contributed by atoms with Gasteiger partial charge in [-0.3, -0.25) is 4.79 Å². The van der Waals surface area contributed by atoms with Crippen molar-refractivity contribution in [3.8, 4) is 0 Å². The van der Waals surface area contributed by atoms with E-state index in [1.165, 1.54) is 45.2 Å². The van der Waals surface area contributed by atoms with Gasteiger partial charge in [0.1, 0.15) is 0 Å². The van der Waals surface area contributed by atoms with E-state index in [-0.39, 0.29) is 18.0 Å². The zero-order chi connectivity index (χ0) is 18.4. The molecule has 2 fully saturated rings. The van der Waals surface area contributed by atoms with E-state index in [0.29, 0.717) is 11.5 Å². The Kier molecular flexibility index (Phi) is 6.83. The molecule has 2 heterocycles. The first-order valence-electron chi connectivity index (χ1n) is 10.2. The van der Waals surface area contributed by atoms with Crippen LogP contribution in [0, 0.1) is 5.92 Å². The van der Waals surface area contributed by atoms with Crippen molar-refractivity contribution in [2.45, 2.75) is 70.9 Å². The fraction of sp³-hybridized carbons (Fsp3) is 0.750. The van der Waals surface area contributed by atoms with Gasteiger partial charge in [0.15, 0.2) is 0 Å². The number of anilines is 1. The standard InChI is InChI=1S/C20H33N5O/c1-15(2)23-20-21-11-17(12-22-20)19(26)24-18-9-6-10-25(14-18)13-16-7-4-3-5-8-16/h11-12,15-16,18H,3-10,13-14H2,1-2H3,(H,24,26)(H,21,22,23)/t18-/m1/s1. The maximum absolute atomic E-state index is 12.5. The van der Waals surface area contributed by atoms with Crippen molar-refractivity contribution in [1.82, 2.24) is 20.2 Å². The summed E-state index contributed by atoms with van der Waals surface area (Å²) in [6, 6.07) is 0.500. The number of nitrogens with one attached hydrogen (secondary N) is 2. The topological polar surface area (TPSA) is 70.2 Å². The summed E-state index contributed by atoms with van der Waals surface area (Å²) in [6.07, 6.45) is 12.4. The molecule has 2 N–H and O–H groups in total. The average Bonchev–Trinajstić information content (AvgIpc) is 2.63. The Labute approximate surface area is 157 Å². The Hall–Kier alpha value is -1.69. The number of nitrogens with zero attached hydrogens (tertiary/aromatic N) is 3. The minimum Gasteiger partial charge on any atom is -0.352 e. The molecule has 6 nitrogen and oxygen atoms in total. The van der Waals surface area contributed by atoms with Gasteiger partial charge in [0.25, 0.3) is 5.91 Å². The molecule has 26 heavy (non-hydrogen) atoms. The van der Waals surface area contributed by atoms with E-state index >= 15 is 0 Å². The highest BCUT2D eigenvalue weighted by atomic mass is 16.1. The molecule has 144 valence electrons. The van der Waals surface area contributed by atoms with Crippen molar-refractivity contribution >= 4 is 11.9 Å². The molecule has 3 rings (SSSR count). The van der Waals surface area contributed by atoms with Gasteiger partial charge in [-0.05, 0) is 52.0 Å². The second kappa shape index (κ2) is 9.31. The Morgan fingerprint density at radius 1 is 1.15 bits per heavy atom. The van der Waals surface area contributed by atoms with Crippen LogP contribution in [0.2, 0.25) is 0 Å². The van der Waals surface area contributed by atoms with Gasteiger partial charge in [-0.1, -0.05) is 19.3 Å². The predicted octanol–water partition coefficient (Wildman–Crippen LogP) is 3.07. The Morgan fingerprint density at radius 3 is 2.58 bits per heavy atom. The molecule has 1 aliphatic heterocycles. The average molecular weight is 360 g/mol. The van der Waals surface area contributed by atoms with E-state index in [2.05, 4.69) is 25.5 Å². The highest BCUT2D eigenvalue weighted by Crippen LogP contribution is 2.25. The number of likely N-dealkylation sites (tertiary alicyclic amines) is 1. The van der Waals surface area contributed by atoms with E-state index in [1.807, 2.05) is 13.8 Å². The molecular weight excluding hydrogens is 326 g/mol. The summed E-state index contributed by atoms with van der Waals surface area (Å²) in [5, 5.41) is 6.32. The van der Waals surface area contributed by atoms with Gasteiger partial charge in [-0.25, -0.2) is 9.97 Å². The molecule has 2 aliphatic rings. The molecule has 1 saturated carbocycles. The van der Waals surface area contributed by atoms with Crippen LogP contribution in [0.25, 0.3) is 0 Å². The fourth-order valence-electron chi connectivity index (χ4n) is 4.12. The summed E-state index contributed by atoms with van der Waals surface area (Å²) in [6.45, 7) is 7.40. The lowest BCUT2D eigenvalue weighted by atomic mass is 9.88. The SMILES string of the molecule is CC(C)Nc1ncc(C(=O)N[C@@H]2CCCN(CC3CCCCC3)C2)cn1. The molecule has 0 bridgehead atoms. The van der Waals surface area contributed by atoms with Crippen molar-refractivity contribution in [2.75, 3.05) is 25.0 Å². The number of piperidine rings is 1. The monoisotopic (exact) mass is 359 g/mol. The second-order valence-electron chi connectivity index (χ2n) is 8.17. The number of rotatable bonds is 6. The summed E-state index contributed by atoms with van der Waals surface area (Å²) in [5.41, 5.74) is 0.531. The van der Waals surface area contributed by atoms with Crippen LogP contribution in [0.5, 0.6) is 0 Å². The smallest absolute Gasteiger partial charge is 0.254 e. The van der Waals surface area contributed by atoms with E-state index in [1.54, 1.807) is 12.4 Å². The zero-order valence-corrected chi connectivity index (χ0v) is 16.2. The van der Waals surface area contributed by atoms with Crippen molar-refractivity contribution in [3.63, 3.8) is 0 Å². The maximum atomic E-state index is 12.5. The van der Waals surface area contributed by atoms with Gasteiger partial charge in [-0.15, -0.1) is 0 Å². The molecule has 0 unspecified atom stereocenters. The summed E-state index contributed by atoms with van der Waals surface area (Å²) >= 11 is 0. The van der Waals surface area contributed by atoms with Crippen LogP contribution in [0.1, 0.15) is 69.2 Å². The van der Waals surface area contributed by atoms with Gasteiger partial charge in [0.05, 0.1) is 5.56 Å². The van der Waals surface area contributed by atoms with Gasteiger partial charge < -0.3 is 15.5 Å². The molecule has 1 atom stereocenters. The quantitative estimate of drug-likeness (QED) is 0.817. The predicted molar refractivity (Wildman–Crippen MR) is 104 cm³/mol. The summed E-state index contributed by atoms with van der Waals surface area (Å²) in [5.74, 6) is 1.35. The highest BCUT2D eigenvalue weighted by Gasteiger charge is 2.24. The minimum absolute atomic E-state index is 0.0642. The molecule has 1 saturated heterocycles. The Bertz CT molecular complexity index is 568. The van der Waals surface area contributed by atoms with Crippen LogP contribution in [-0.2, 0) is 0 Å². The van der Waals surface area contributed by atoms with Crippen LogP contribution in [0.15, 0.2) is 12.4 Å². The van der Waals surface area contributed by atoms with Gasteiger partial charge >= 0.3 is 0 Å². The van der Waals surface area contributed by atoms with Crippen molar-refractivity contribution < 1.29 is 4.79 Å². The zero-order valence-electron chi connectivity index (χ0n) is 16.2. The molecule has 1 aromatic rings. The Morgan fingerprint density at radius 2 is 1.88 bits per heavy atom. The van der Waals surface area contributed by atoms with E-state index in [9.17, 15) is 4.79 Å². The Balaban J connectivity index is 1.48. The lowest BCUT2D eigenvalue weighted by Crippen LogP contribution is -2.49. The third kappa shape index (κ3) is 5.66. The normalized spacial score (nSPS) is 22.3. The van der Waals surface area contributed by atoms with Gasteiger partial charge in [0.2, 0.25) is 5.95 Å². The van der Waals surface area contributed by atoms with Gasteiger partial charge in [-0.2, -0.15) is 0 Å². The van der Waals surface area contributed by atoms with Crippen molar-refractivity contribution in [2.24, 2.45) is 5.92 Å². The highest BCUT2D eigenvalue weighted by molar-refractivity contribution is 5.93. The number of hydrogen-bond acceptors (Lipinski definition) is 5. The number of carbonyl (C=O) groups is 1. The van der Waals surface area contributed by atoms with E-state index < -0.39 is 0 Å². The molecule has 0 spiro atoms. The lowest BCUT2D eigenvalue weighted by Gasteiger charge is -2.36. The van der Waals surface area contributed by atoms with Crippen molar-refractivity contribution in [1.29, 1.82) is 0 Å². The summed E-state index contributed by atoms with van der Waals surface area (Å²) in [4.78, 5) is 23.5. The number of aromatic nitrogens is 2. The number of hydrogen-bond donors (Lipinski definition) is 2. The molecule has 1 aromatic heterocycles. The number of amides is 1. The summed E-state index contributed by atoms with van der Waals surface area (Å²) in [7, 11) is 0. The van der Waals surface area contributed by atoms with E-state index in [0.717, 1.165) is 25.3 Å². The first-order chi connectivity index (χ1) is 12.6. The molecule has 6 heteroatoms. The second-order valence-corrected chi connectivity index (χ2v) is 8.17. The van der Waals surface area contributed by atoms with Crippen LogP contribution in [0.4, 0.5) is 5.95 Å². The van der Waals surface area contributed by atoms with Crippen LogP contribution < -0.4 is 10.6 Å². The van der Waals surface area contributed by atoms with Gasteiger partial charge in [0, 0.05) is 37.6 Å². The third-order valence-corrected chi connectivity index (χ3v) is 5.41. The van der Waals surface area contributed by atoms with Crippen molar-refractivity contribution in [3.05, 3.63) is 18.0 Å². The van der Waals surface area contributed by atoms with Crippen LogP contribution >= 0.6 is 0 Å². The molecule has 1 amide bonds. The third-order valence-electron chi connectivity index (χ3n) is 5.41. The molecular formula is C20H33N5O. The van der Waals surface area contributed by atoms with E-state index in [4.69, 9.17) is 0 Å². The first kappa shape index (κ1) is 19.1. The molecule has 0 radical (unpaired) electrons.